The Labute approximate surface area is 111 Å². The maximum Gasteiger partial charge on any atom is 0.118 e. The van der Waals surface area contributed by atoms with E-state index in [4.69, 9.17) is 4.74 Å². The first-order valence-electron chi connectivity index (χ1n) is 5.99. The fourth-order valence-corrected chi connectivity index (χ4v) is 2.38. The lowest BCUT2D eigenvalue weighted by Crippen LogP contribution is -2.22. The number of hydrogen-bond donors (Lipinski definition) is 1. The molecule has 0 bridgehead atoms. The van der Waals surface area contributed by atoms with Gasteiger partial charge in [-0.05, 0) is 42.2 Å². The summed E-state index contributed by atoms with van der Waals surface area (Å²) < 4.78 is 9.12. The molecule has 2 aromatic rings. The highest BCUT2D eigenvalue weighted by Gasteiger charge is 2.15. The molecular weight excluding hydrogens is 246 g/mol. The zero-order valence-electron chi connectivity index (χ0n) is 10.6. The molecule has 5 heteroatoms. The zero-order chi connectivity index (χ0) is 12.8. The molecule has 1 N–H and O–H groups in total. The third-order valence-corrected chi connectivity index (χ3v) is 3.44. The Balaban J connectivity index is 2.21. The third-order valence-electron chi connectivity index (χ3n) is 2.71. The molecule has 0 aliphatic carbocycles. The highest BCUT2D eigenvalue weighted by Crippen LogP contribution is 2.25. The zero-order valence-corrected chi connectivity index (χ0v) is 11.4. The van der Waals surface area contributed by atoms with Crippen LogP contribution in [0.4, 0.5) is 0 Å². The Morgan fingerprint density at radius 1 is 1.33 bits per heavy atom. The van der Waals surface area contributed by atoms with E-state index in [1.807, 2.05) is 18.3 Å². The van der Waals surface area contributed by atoms with Crippen molar-refractivity contribution in [2.24, 2.45) is 0 Å². The first-order valence-corrected chi connectivity index (χ1v) is 6.77. The van der Waals surface area contributed by atoms with Crippen molar-refractivity contribution < 1.29 is 4.74 Å². The summed E-state index contributed by atoms with van der Waals surface area (Å²) >= 11 is 1.43. The lowest BCUT2D eigenvalue weighted by atomic mass is 10.1. The Bertz CT molecular complexity index is 456. The fraction of sp³-hybridized carbons (Fsp3) is 0.385. The van der Waals surface area contributed by atoms with Crippen molar-refractivity contribution in [3.05, 3.63) is 40.9 Å². The van der Waals surface area contributed by atoms with E-state index < -0.39 is 0 Å². The normalized spacial score (nSPS) is 12.3. The van der Waals surface area contributed by atoms with E-state index >= 15 is 0 Å². The molecule has 18 heavy (non-hydrogen) atoms. The van der Waals surface area contributed by atoms with Crippen molar-refractivity contribution in [3.63, 3.8) is 0 Å². The van der Waals surface area contributed by atoms with Crippen molar-refractivity contribution >= 4 is 11.5 Å². The lowest BCUT2D eigenvalue weighted by molar-refractivity contribution is 0.414. The van der Waals surface area contributed by atoms with Crippen molar-refractivity contribution in [2.45, 2.75) is 19.4 Å². The second-order valence-corrected chi connectivity index (χ2v) is 4.80. The van der Waals surface area contributed by atoms with Crippen LogP contribution in [0.5, 0.6) is 5.75 Å². The van der Waals surface area contributed by atoms with E-state index in [0.717, 1.165) is 23.6 Å². The smallest absolute Gasteiger partial charge is 0.118 e. The Morgan fingerprint density at radius 2 is 2.11 bits per heavy atom. The highest BCUT2D eigenvalue weighted by atomic mass is 32.1. The average molecular weight is 263 g/mol. The van der Waals surface area contributed by atoms with Gasteiger partial charge in [-0.25, -0.2) is 0 Å². The maximum atomic E-state index is 5.18. The molecule has 1 heterocycles. The molecule has 96 valence electrons. The van der Waals surface area contributed by atoms with Crippen molar-refractivity contribution in [1.29, 1.82) is 0 Å². The number of hydrogen-bond acceptors (Lipinski definition) is 5. The minimum absolute atomic E-state index is 0.163. The molecular formula is C13H17N3OS. The molecule has 4 nitrogen and oxygen atoms in total. The average Bonchev–Trinajstić information content (AvgIpc) is 2.94. The number of methoxy groups -OCH3 is 1. The summed E-state index contributed by atoms with van der Waals surface area (Å²) in [5, 5.41) is 7.43. The van der Waals surface area contributed by atoms with Gasteiger partial charge < -0.3 is 10.1 Å². The third kappa shape index (κ3) is 3.05. The second-order valence-electron chi connectivity index (χ2n) is 3.98. The molecule has 0 saturated heterocycles. The van der Waals surface area contributed by atoms with Gasteiger partial charge in [0.15, 0.2) is 0 Å². The summed E-state index contributed by atoms with van der Waals surface area (Å²) in [6.45, 7) is 3.12. The molecule has 0 aliphatic heterocycles. The number of nitrogens with zero attached hydrogens (tertiary/aromatic N) is 2. The van der Waals surface area contributed by atoms with Crippen LogP contribution in [0, 0.1) is 0 Å². The van der Waals surface area contributed by atoms with Gasteiger partial charge in [0.2, 0.25) is 0 Å². The molecule has 0 saturated carbocycles. The van der Waals surface area contributed by atoms with Crippen LogP contribution in [-0.4, -0.2) is 23.2 Å². The predicted octanol–water partition coefficient (Wildman–Crippen LogP) is 2.64. The van der Waals surface area contributed by atoms with Crippen LogP contribution in [0.3, 0.4) is 0 Å². The first-order chi connectivity index (χ1) is 8.85. The largest absolute Gasteiger partial charge is 0.497 e. The first kappa shape index (κ1) is 13.0. The minimum Gasteiger partial charge on any atom is -0.497 e. The van der Waals surface area contributed by atoms with E-state index in [2.05, 4.69) is 34.0 Å². The van der Waals surface area contributed by atoms with Crippen molar-refractivity contribution in [2.75, 3.05) is 13.7 Å². The molecule has 0 aliphatic rings. The molecule has 1 aromatic heterocycles. The molecule has 0 amide bonds. The Morgan fingerprint density at radius 3 is 2.67 bits per heavy atom. The van der Waals surface area contributed by atoms with Gasteiger partial charge in [-0.3, -0.25) is 0 Å². The van der Waals surface area contributed by atoms with Crippen molar-refractivity contribution in [3.8, 4) is 5.75 Å². The topological polar surface area (TPSA) is 47.0 Å². The summed E-state index contributed by atoms with van der Waals surface area (Å²) in [6.07, 6.45) is 2.92. The van der Waals surface area contributed by atoms with E-state index in [0.29, 0.717) is 0 Å². The molecule has 1 unspecified atom stereocenters. The van der Waals surface area contributed by atoms with Gasteiger partial charge in [0, 0.05) is 0 Å². The van der Waals surface area contributed by atoms with E-state index in [9.17, 15) is 0 Å². The lowest BCUT2D eigenvalue weighted by Gasteiger charge is -2.17. The molecule has 0 radical (unpaired) electrons. The van der Waals surface area contributed by atoms with Gasteiger partial charge in [0.1, 0.15) is 5.75 Å². The van der Waals surface area contributed by atoms with Crippen LogP contribution in [0.15, 0.2) is 30.5 Å². The Kier molecular flexibility index (Phi) is 4.66. The summed E-state index contributed by atoms with van der Waals surface area (Å²) in [7, 11) is 1.68. The highest BCUT2D eigenvalue weighted by molar-refractivity contribution is 7.05. The molecule has 2 rings (SSSR count). The summed E-state index contributed by atoms with van der Waals surface area (Å²) in [5.74, 6) is 0.871. The van der Waals surface area contributed by atoms with Crippen LogP contribution < -0.4 is 10.1 Å². The van der Waals surface area contributed by atoms with Gasteiger partial charge >= 0.3 is 0 Å². The van der Waals surface area contributed by atoms with Gasteiger partial charge in [-0.15, -0.1) is 5.10 Å². The van der Waals surface area contributed by atoms with Crippen LogP contribution in [-0.2, 0) is 0 Å². The van der Waals surface area contributed by atoms with Crippen LogP contribution >= 0.6 is 11.5 Å². The number of benzene rings is 1. The van der Waals surface area contributed by atoms with E-state index in [1.165, 1.54) is 17.1 Å². The minimum atomic E-state index is 0.163. The quantitative estimate of drug-likeness (QED) is 0.870. The second kappa shape index (κ2) is 6.47. The van der Waals surface area contributed by atoms with Gasteiger partial charge in [0.25, 0.3) is 0 Å². The SMILES string of the molecule is CCCNC(c1ccc(OC)cc1)c1cnns1. The number of ether oxygens (including phenoxy) is 1. The van der Waals surface area contributed by atoms with E-state index in [-0.39, 0.29) is 6.04 Å². The van der Waals surface area contributed by atoms with Crippen LogP contribution in [0.1, 0.15) is 29.8 Å². The number of rotatable bonds is 6. The van der Waals surface area contributed by atoms with Crippen LogP contribution in [0.2, 0.25) is 0 Å². The summed E-state index contributed by atoms with van der Waals surface area (Å²) in [5.41, 5.74) is 1.20. The molecule has 0 fully saturated rings. The molecule has 1 atom stereocenters. The Hall–Kier alpha value is -1.46. The maximum absolute atomic E-state index is 5.18. The fourth-order valence-electron chi connectivity index (χ4n) is 1.77. The molecule has 0 spiro atoms. The van der Waals surface area contributed by atoms with Gasteiger partial charge in [-0.1, -0.05) is 23.5 Å². The van der Waals surface area contributed by atoms with Crippen LogP contribution in [0.25, 0.3) is 0 Å². The predicted molar refractivity (Wildman–Crippen MR) is 73.0 cm³/mol. The number of nitrogens with one attached hydrogen (secondary N) is 1. The summed E-state index contributed by atoms with van der Waals surface area (Å²) in [6, 6.07) is 8.27. The molecule has 1 aromatic carbocycles. The van der Waals surface area contributed by atoms with Gasteiger partial charge in [-0.2, -0.15) is 0 Å². The van der Waals surface area contributed by atoms with Crippen molar-refractivity contribution in [1.82, 2.24) is 14.9 Å². The number of aromatic nitrogens is 2. The standard InChI is InChI=1S/C13H17N3OS/c1-3-8-14-13(12-9-15-16-18-12)10-4-6-11(17-2)7-5-10/h4-7,9,13-14H,3,8H2,1-2H3. The van der Waals surface area contributed by atoms with E-state index in [1.54, 1.807) is 7.11 Å². The van der Waals surface area contributed by atoms with Gasteiger partial charge in [0.05, 0.1) is 24.2 Å². The monoisotopic (exact) mass is 263 g/mol. The summed E-state index contributed by atoms with van der Waals surface area (Å²) in [4.78, 5) is 1.13.